The molecular formula is C18H20FNO3S. The molecule has 24 heavy (non-hydrogen) atoms. The first-order valence-corrected chi connectivity index (χ1v) is 8.97. The third-order valence-electron chi connectivity index (χ3n) is 3.33. The number of nitrogens with one attached hydrogen (secondary N) is 1. The van der Waals surface area contributed by atoms with E-state index in [-0.39, 0.29) is 17.1 Å². The second kappa shape index (κ2) is 7.49. The van der Waals surface area contributed by atoms with E-state index in [1.807, 2.05) is 6.92 Å². The van der Waals surface area contributed by atoms with Crippen LogP contribution >= 0.6 is 0 Å². The topological polar surface area (TPSA) is 59.3 Å². The molecule has 1 aromatic heterocycles. The van der Waals surface area contributed by atoms with E-state index in [0.29, 0.717) is 11.3 Å². The molecule has 0 unspecified atom stereocenters. The van der Waals surface area contributed by atoms with Crippen molar-refractivity contribution in [2.45, 2.75) is 32.2 Å². The molecule has 0 aliphatic carbocycles. The Morgan fingerprint density at radius 3 is 2.42 bits per heavy atom. The fourth-order valence-electron chi connectivity index (χ4n) is 1.99. The van der Waals surface area contributed by atoms with Crippen LogP contribution < -0.4 is 5.32 Å². The van der Waals surface area contributed by atoms with Gasteiger partial charge in [0.15, 0.2) is 0 Å². The molecule has 0 radical (unpaired) electrons. The first kappa shape index (κ1) is 18.0. The lowest BCUT2D eigenvalue weighted by molar-refractivity contribution is 0.491. The van der Waals surface area contributed by atoms with Crippen molar-refractivity contribution in [3.8, 4) is 0 Å². The SMILES string of the molecule is CC(C)=C(F)/C(=C/S(=O)(=O)c1ccc(C)cc1)NCc1ccco1. The van der Waals surface area contributed by atoms with Gasteiger partial charge in [0, 0.05) is 0 Å². The Morgan fingerprint density at radius 2 is 1.88 bits per heavy atom. The van der Waals surface area contributed by atoms with Gasteiger partial charge < -0.3 is 9.73 Å². The minimum absolute atomic E-state index is 0.0908. The lowest BCUT2D eigenvalue weighted by atomic mass is 10.2. The van der Waals surface area contributed by atoms with Crippen molar-refractivity contribution in [1.82, 2.24) is 5.32 Å². The van der Waals surface area contributed by atoms with Crippen LogP contribution in [0.25, 0.3) is 0 Å². The quantitative estimate of drug-likeness (QED) is 0.792. The number of benzene rings is 1. The van der Waals surface area contributed by atoms with E-state index in [1.54, 1.807) is 38.1 Å². The first-order chi connectivity index (χ1) is 11.3. The van der Waals surface area contributed by atoms with Gasteiger partial charge in [0.2, 0.25) is 9.84 Å². The molecule has 0 saturated heterocycles. The van der Waals surface area contributed by atoms with Crippen LogP contribution in [0.3, 0.4) is 0 Å². The second-order valence-electron chi connectivity index (χ2n) is 5.64. The van der Waals surface area contributed by atoms with Crippen LogP contribution in [0.4, 0.5) is 4.39 Å². The highest BCUT2D eigenvalue weighted by molar-refractivity contribution is 7.94. The summed E-state index contributed by atoms with van der Waals surface area (Å²) in [5, 5.41) is 3.72. The molecule has 2 rings (SSSR count). The van der Waals surface area contributed by atoms with Gasteiger partial charge in [-0.2, -0.15) is 0 Å². The zero-order chi connectivity index (χ0) is 17.7. The number of rotatable bonds is 6. The lowest BCUT2D eigenvalue weighted by Gasteiger charge is -2.10. The molecule has 1 N–H and O–H groups in total. The highest BCUT2D eigenvalue weighted by Gasteiger charge is 2.16. The van der Waals surface area contributed by atoms with Crippen molar-refractivity contribution in [2.75, 3.05) is 0 Å². The molecule has 6 heteroatoms. The maximum atomic E-state index is 14.4. The van der Waals surface area contributed by atoms with Gasteiger partial charge in [-0.1, -0.05) is 17.7 Å². The summed E-state index contributed by atoms with van der Waals surface area (Å²) in [6.07, 6.45) is 1.50. The van der Waals surface area contributed by atoms with Gasteiger partial charge >= 0.3 is 0 Å². The third kappa shape index (κ3) is 4.58. The molecule has 0 aliphatic heterocycles. The molecule has 1 heterocycles. The normalized spacial score (nSPS) is 12.1. The minimum Gasteiger partial charge on any atom is -0.467 e. The number of furan rings is 1. The van der Waals surface area contributed by atoms with Gasteiger partial charge in [-0.05, 0) is 50.6 Å². The smallest absolute Gasteiger partial charge is 0.201 e. The van der Waals surface area contributed by atoms with Crippen LogP contribution in [0.5, 0.6) is 0 Å². The summed E-state index contributed by atoms with van der Waals surface area (Å²) >= 11 is 0. The van der Waals surface area contributed by atoms with E-state index in [9.17, 15) is 12.8 Å². The largest absolute Gasteiger partial charge is 0.467 e. The molecule has 0 amide bonds. The van der Waals surface area contributed by atoms with Crippen molar-refractivity contribution < 1.29 is 17.2 Å². The van der Waals surface area contributed by atoms with Crippen molar-refractivity contribution in [3.05, 3.63) is 76.5 Å². The third-order valence-corrected chi connectivity index (χ3v) is 4.81. The summed E-state index contributed by atoms with van der Waals surface area (Å²) in [5.74, 6) is -0.0209. The van der Waals surface area contributed by atoms with Crippen LogP contribution in [0, 0.1) is 6.92 Å². The standard InChI is InChI=1S/C18H20FNO3S/c1-13(2)18(19)17(20-11-15-5-4-10-23-15)12-24(21,22)16-8-6-14(3)7-9-16/h4-10,12,20H,11H2,1-3H3/b17-12-. The molecular weight excluding hydrogens is 329 g/mol. The summed E-state index contributed by atoms with van der Waals surface area (Å²) < 4.78 is 44.6. The first-order valence-electron chi connectivity index (χ1n) is 7.42. The Hall–Kier alpha value is -2.34. The van der Waals surface area contributed by atoms with Crippen molar-refractivity contribution >= 4 is 9.84 Å². The van der Waals surface area contributed by atoms with Gasteiger partial charge in [0.25, 0.3) is 0 Å². The predicted octanol–water partition coefficient (Wildman–Crippen LogP) is 4.26. The molecule has 0 spiro atoms. The molecule has 128 valence electrons. The second-order valence-corrected chi connectivity index (χ2v) is 7.43. The molecule has 2 aromatic rings. The van der Waals surface area contributed by atoms with Crippen LogP contribution in [0.2, 0.25) is 0 Å². The monoisotopic (exact) mass is 349 g/mol. The molecule has 0 aliphatic rings. The Morgan fingerprint density at radius 1 is 1.21 bits per heavy atom. The van der Waals surface area contributed by atoms with E-state index >= 15 is 0 Å². The Labute approximate surface area is 141 Å². The van der Waals surface area contributed by atoms with E-state index in [1.165, 1.54) is 18.4 Å². The zero-order valence-corrected chi connectivity index (χ0v) is 14.7. The van der Waals surface area contributed by atoms with Crippen molar-refractivity contribution in [3.63, 3.8) is 0 Å². The number of allylic oxidation sites excluding steroid dienone is 2. The average Bonchev–Trinajstić information content (AvgIpc) is 3.04. The number of hydrogen-bond acceptors (Lipinski definition) is 4. The fourth-order valence-corrected chi connectivity index (χ4v) is 3.14. The van der Waals surface area contributed by atoms with Gasteiger partial charge in [-0.15, -0.1) is 0 Å². The highest BCUT2D eigenvalue weighted by Crippen LogP contribution is 2.20. The lowest BCUT2D eigenvalue weighted by Crippen LogP contribution is -2.15. The van der Waals surface area contributed by atoms with Crippen LogP contribution in [0.1, 0.15) is 25.2 Å². The number of hydrogen-bond donors (Lipinski definition) is 1. The van der Waals surface area contributed by atoms with Gasteiger partial charge in [-0.3, -0.25) is 0 Å². The number of aryl methyl sites for hydroxylation is 1. The van der Waals surface area contributed by atoms with E-state index in [4.69, 9.17) is 4.42 Å². The summed E-state index contributed by atoms with van der Waals surface area (Å²) in [4.78, 5) is 0.118. The molecule has 0 bridgehead atoms. The highest BCUT2D eigenvalue weighted by atomic mass is 32.2. The number of sulfone groups is 1. The van der Waals surface area contributed by atoms with Gasteiger partial charge in [-0.25, -0.2) is 12.8 Å². The summed E-state index contributed by atoms with van der Waals surface area (Å²) in [6.45, 7) is 5.21. The number of halogens is 1. The fraction of sp³-hybridized carbons (Fsp3) is 0.222. The van der Waals surface area contributed by atoms with Crippen LogP contribution in [0.15, 0.2) is 74.5 Å². The Kier molecular flexibility index (Phi) is 5.62. The molecule has 4 nitrogen and oxygen atoms in total. The molecule has 0 atom stereocenters. The Bertz CT molecular complexity index is 844. The minimum atomic E-state index is -3.78. The molecule has 1 aromatic carbocycles. The zero-order valence-electron chi connectivity index (χ0n) is 13.8. The van der Waals surface area contributed by atoms with Gasteiger partial charge in [0.1, 0.15) is 11.6 Å². The van der Waals surface area contributed by atoms with E-state index in [2.05, 4.69) is 5.32 Å². The van der Waals surface area contributed by atoms with Crippen LogP contribution in [-0.2, 0) is 16.4 Å². The Balaban J connectivity index is 2.35. The van der Waals surface area contributed by atoms with Crippen LogP contribution in [-0.4, -0.2) is 8.42 Å². The molecule has 0 saturated carbocycles. The maximum absolute atomic E-state index is 14.4. The van der Waals surface area contributed by atoms with Gasteiger partial charge in [0.05, 0.1) is 28.8 Å². The summed E-state index contributed by atoms with van der Waals surface area (Å²) in [7, 11) is -3.78. The van der Waals surface area contributed by atoms with E-state index < -0.39 is 15.7 Å². The average molecular weight is 349 g/mol. The van der Waals surface area contributed by atoms with E-state index in [0.717, 1.165) is 11.0 Å². The summed E-state index contributed by atoms with van der Waals surface area (Å²) in [6, 6.07) is 9.85. The van der Waals surface area contributed by atoms with Crippen molar-refractivity contribution in [1.29, 1.82) is 0 Å². The summed E-state index contributed by atoms with van der Waals surface area (Å²) in [5.41, 5.74) is 1.24. The maximum Gasteiger partial charge on any atom is 0.201 e. The van der Waals surface area contributed by atoms with Crippen molar-refractivity contribution in [2.24, 2.45) is 0 Å². The predicted molar refractivity (Wildman–Crippen MR) is 91.5 cm³/mol. The molecule has 0 fully saturated rings.